The Labute approximate surface area is 106 Å². The molecule has 1 aliphatic rings. The van der Waals surface area contributed by atoms with Crippen LogP contribution >= 0.6 is 11.6 Å². The number of nitrogens with zero attached hydrogens (tertiary/aromatic N) is 1. The highest BCUT2D eigenvalue weighted by molar-refractivity contribution is 7.94. The molecule has 1 aliphatic heterocycles. The average molecular weight is 279 g/mol. The Morgan fingerprint density at radius 1 is 1.47 bits per heavy atom. The van der Waals surface area contributed by atoms with Crippen molar-refractivity contribution < 1.29 is 12.8 Å². The molecule has 0 spiro atoms. The summed E-state index contributed by atoms with van der Waals surface area (Å²) < 4.78 is 30.5. The largest absolute Gasteiger partial charge is 0.428 e. The molecule has 7 heteroatoms. The van der Waals surface area contributed by atoms with Crippen molar-refractivity contribution in [3.8, 4) is 0 Å². The van der Waals surface area contributed by atoms with Crippen molar-refractivity contribution in [1.29, 1.82) is 0 Å². The lowest BCUT2D eigenvalue weighted by molar-refractivity contribution is 0.528. The van der Waals surface area contributed by atoms with E-state index in [4.69, 9.17) is 16.0 Å². The maximum absolute atomic E-state index is 12.4. The van der Waals surface area contributed by atoms with Crippen LogP contribution in [0.2, 0.25) is 5.22 Å². The molecule has 1 N–H and O–H groups in total. The van der Waals surface area contributed by atoms with E-state index in [1.165, 1.54) is 10.4 Å². The zero-order valence-corrected chi connectivity index (χ0v) is 11.3. The van der Waals surface area contributed by atoms with E-state index < -0.39 is 14.8 Å². The smallest absolute Gasteiger partial charge is 0.243 e. The second kappa shape index (κ2) is 4.19. The molecule has 17 heavy (non-hydrogen) atoms. The number of anilines is 1. The summed E-state index contributed by atoms with van der Waals surface area (Å²) in [6, 6.07) is 3.11. The van der Waals surface area contributed by atoms with E-state index in [2.05, 4.69) is 5.32 Å². The van der Waals surface area contributed by atoms with Crippen molar-refractivity contribution in [2.45, 2.75) is 18.6 Å². The van der Waals surface area contributed by atoms with Gasteiger partial charge in [-0.25, -0.2) is 12.7 Å². The van der Waals surface area contributed by atoms with Crippen LogP contribution in [-0.4, -0.2) is 32.8 Å². The van der Waals surface area contributed by atoms with Gasteiger partial charge in [0, 0.05) is 25.7 Å². The summed E-state index contributed by atoms with van der Waals surface area (Å²) in [7, 11) is -3.46. The average Bonchev–Trinajstić information content (AvgIpc) is 2.59. The monoisotopic (exact) mass is 278 g/mol. The molecule has 0 aromatic carbocycles. The number of halogens is 1. The molecule has 0 amide bonds. The first-order valence-corrected chi connectivity index (χ1v) is 7.15. The Morgan fingerprint density at radius 2 is 2.18 bits per heavy atom. The Kier molecular flexibility index (Phi) is 3.14. The third-order valence-corrected chi connectivity index (χ3v) is 5.52. The number of sulfonamides is 1. The molecule has 96 valence electrons. The van der Waals surface area contributed by atoms with Gasteiger partial charge in [0.05, 0.1) is 4.75 Å². The molecule has 0 unspecified atom stereocenters. The van der Waals surface area contributed by atoms with E-state index in [1.807, 2.05) is 0 Å². The molecule has 0 atom stereocenters. The molecular formula is C10H15ClN2O3S. The fraction of sp³-hybridized carbons (Fsp3) is 0.600. The van der Waals surface area contributed by atoms with Gasteiger partial charge in [-0.05, 0) is 31.5 Å². The van der Waals surface area contributed by atoms with Crippen LogP contribution < -0.4 is 9.62 Å². The van der Waals surface area contributed by atoms with Crippen LogP contribution in [0.5, 0.6) is 0 Å². The van der Waals surface area contributed by atoms with E-state index in [0.717, 1.165) is 0 Å². The molecule has 0 saturated carbocycles. The fourth-order valence-corrected chi connectivity index (χ4v) is 3.44. The number of nitrogens with one attached hydrogen (secondary N) is 1. The lowest BCUT2D eigenvalue weighted by Gasteiger charge is -2.28. The first-order chi connectivity index (χ1) is 7.84. The molecule has 0 aliphatic carbocycles. The standard InChI is InChI=1S/C10H15ClN2O3S/c1-10(2)7-12-5-6-13(17(10,14)15)9-4-3-8(11)16-9/h3-4,12H,5-7H2,1-2H3. The maximum Gasteiger partial charge on any atom is 0.243 e. The Bertz CT molecular complexity index is 509. The van der Waals surface area contributed by atoms with Gasteiger partial charge >= 0.3 is 0 Å². The lowest BCUT2D eigenvalue weighted by Crippen LogP contribution is -2.46. The molecule has 1 saturated heterocycles. The van der Waals surface area contributed by atoms with Crippen molar-refractivity contribution in [3.63, 3.8) is 0 Å². The Hall–Kier alpha value is -0.720. The van der Waals surface area contributed by atoms with Gasteiger partial charge < -0.3 is 9.73 Å². The Morgan fingerprint density at radius 3 is 2.76 bits per heavy atom. The van der Waals surface area contributed by atoms with Crippen LogP contribution in [0, 0.1) is 0 Å². The van der Waals surface area contributed by atoms with Crippen molar-refractivity contribution in [2.75, 3.05) is 23.9 Å². The molecule has 1 fully saturated rings. The van der Waals surface area contributed by atoms with Gasteiger partial charge in [0.15, 0.2) is 5.22 Å². The molecule has 1 aromatic heterocycles. The quantitative estimate of drug-likeness (QED) is 0.845. The highest BCUT2D eigenvalue weighted by Crippen LogP contribution is 2.30. The molecule has 1 aromatic rings. The molecule has 2 heterocycles. The van der Waals surface area contributed by atoms with E-state index in [1.54, 1.807) is 19.9 Å². The normalized spacial score (nSPS) is 23.4. The third-order valence-electron chi connectivity index (χ3n) is 2.84. The van der Waals surface area contributed by atoms with Gasteiger partial charge in [-0.3, -0.25) is 0 Å². The molecule has 5 nitrogen and oxygen atoms in total. The zero-order valence-electron chi connectivity index (χ0n) is 9.73. The van der Waals surface area contributed by atoms with Crippen LogP contribution in [-0.2, 0) is 10.0 Å². The zero-order chi connectivity index (χ0) is 12.7. The minimum atomic E-state index is -3.46. The van der Waals surface area contributed by atoms with E-state index in [9.17, 15) is 8.42 Å². The highest BCUT2D eigenvalue weighted by atomic mass is 35.5. The summed E-state index contributed by atoms with van der Waals surface area (Å²) in [6.07, 6.45) is 0. The van der Waals surface area contributed by atoms with Gasteiger partial charge in [0.25, 0.3) is 0 Å². The lowest BCUT2D eigenvalue weighted by atomic mass is 10.2. The van der Waals surface area contributed by atoms with E-state index >= 15 is 0 Å². The number of hydrogen-bond acceptors (Lipinski definition) is 4. The maximum atomic E-state index is 12.4. The summed E-state index contributed by atoms with van der Waals surface area (Å²) in [6.45, 7) is 4.73. The van der Waals surface area contributed by atoms with E-state index in [0.29, 0.717) is 19.6 Å². The van der Waals surface area contributed by atoms with Gasteiger partial charge in [0.2, 0.25) is 15.9 Å². The summed E-state index contributed by atoms with van der Waals surface area (Å²) in [5.41, 5.74) is 0. The van der Waals surface area contributed by atoms with Gasteiger partial charge in [0.1, 0.15) is 0 Å². The Balaban J connectivity index is 2.45. The number of hydrogen-bond donors (Lipinski definition) is 1. The van der Waals surface area contributed by atoms with Crippen LogP contribution in [0.15, 0.2) is 16.5 Å². The summed E-state index contributed by atoms with van der Waals surface area (Å²) >= 11 is 5.68. The van der Waals surface area contributed by atoms with Crippen LogP contribution in [0.3, 0.4) is 0 Å². The van der Waals surface area contributed by atoms with Crippen molar-refractivity contribution >= 4 is 27.5 Å². The van der Waals surface area contributed by atoms with Crippen molar-refractivity contribution in [3.05, 3.63) is 17.4 Å². The van der Waals surface area contributed by atoms with Crippen LogP contribution in [0.1, 0.15) is 13.8 Å². The second-order valence-electron chi connectivity index (χ2n) is 4.59. The molecule has 0 radical (unpaired) electrons. The SMILES string of the molecule is CC1(C)CNCCN(c2ccc(Cl)o2)S1(=O)=O. The fourth-order valence-electron chi connectivity index (χ4n) is 1.75. The van der Waals surface area contributed by atoms with E-state index in [-0.39, 0.29) is 11.1 Å². The second-order valence-corrected chi connectivity index (χ2v) is 7.46. The number of rotatable bonds is 1. The van der Waals surface area contributed by atoms with Crippen molar-refractivity contribution in [2.24, 2.45) is 0 Å². The first kappa shape index (κ1) is 12.7. The molecule has 2 rings (SSSR count). The van der Waals surface area contributed by atoms with Crippen LogP contribution in [0.4, 0.5) is 5.88 Å². The minimum Gasteiger partial charge on any atom is -0.428 e. The summed E-state index contributed by atoms with van der Waals surface area (Å²) in [5, 5.41) is 3.29. The first-order valence-electron chi connectivity index (χ1n) is 5.33. The number of furan rings is 1. The minimum absolute atomic E-state index is 0.185. The highest BCUT2D eigenvalue weighted by Gasteiger charge is 2.42. The molecule has 0 bridgehead atoms. The van der Waals surface area contributed by atoms with Crippen molar-refractivity contribution in [1.82, 2.24) is 5.32 Å². The van der Waals surface area contributed by atoms with Gasteiger partial charge in [-0.2, -0.15) is 0 Å². The van der Waals surface area contributed by atoms with Gasteiger partial charge in [-0.15, -0.1) is 0 Å². The third kappa shape index (κ3) is 2.17. The topological polar surface area (TPSA) is 62.6 Å². The summed E-state index contributed by atoms with van der Waals surface area (Å²) in [5.74, 6) is 0.270. The summed E-state index contributed by atoms with van der Waals surface area (Å²) in [4.78, 5) is 0. The van der Waals surface area contributed by atoms with Gasteiger partial charge in [-0.1, -0.05) is 0 Å². The molecular weight excluding hydrogens is 264 g/mol. The predicted molar refractivity (Wildman–Crippen MR) is 66.9 cm³/mol. The van der Waals surface area contributed by atoms with Crippen LogP contribution in [0.25, 0.3) is 0 Å². The predicted octanol–water partition coefficient (Wildman–Crippen LogP) is 1.45.